The molecule has 0 aromatic heterocycles. The first-order valence-corrected chi connectivity index (χ1v) is 9.88. The molecule has 1 heterocycles. The lowest BCUT2D eigenvalue weighted by Crippen LogP contribution is -2.44. The summed E-state index contributed by atoms with van der Waals surface area (Å²) < 4.78 is 5.21. The van der Waals surface area contributed by atoms with Crippen LogP contribution < -0.4 is 4.74 Å². The molecular formula is C23H28N2O3. The molecule has 0 bridgehead atoms. The van der Waals surface area contributed by atoms with Crippen LogP contribution in [0.15, 0.2) is 54.6 Å². The van der Waals surface area contributed by atoms with Gasteiger partial charge in [-0.1, -0.05) is 36.4 Å². The smallest absolute Gasteiger partial charge is 0.253 e. The molecule has 2 aromatic rings. The largest absolute Gasteiger partial charge is 0.497 e. The molecule has 5 heteroatoms. The highest BCUT2D eigenvalue weighted by molar-refractivity contribution is 5.94. The summed E-state index contributed by atoms with van der Waals surface area (Å²) in [6.07, 6.45) is 1.42. The molecule has 1 aliphatic rings. The van der Waals surface area contributed by atoms with E-state index in [1.807, 2.05) is 59.2 Å². The number of carbonyl (C=O) groups is 2. The third-order valence-corrected chi connectivity index (χ3v) is 5.36. The third kappa shape index (κ3) is 4.71. The second-order valence-corrected chi connectivity index (χ2v) is 7.14. The van der Waals surface area contributed by atoms with Gasteiger partial charge in [0.2, 0.25) is 5.91 Å². The van der Waals surface area contributed by atoms with Gasteiger partial charge in [-0.2, -0.15) is 0 Å². The Balaban J connectivity index is 1.57. The summed E-state index contributed by atoms with van der Waals surface area (Å²) in [5.74, 6) is 0.856. The highest BCUT2D eigenvalue weighted by Gasteiger charge is 2.30. The van der Waals surface area contributed by atoms with Gasteiger partial charge in [-0.3, -0.25) is 9.59 Å². The second-order valence-electron chi connectivity index (χ2n) is 7.14. The number of hydrogen-bond donors (Lipinski definition) is 0. The first kappa shape index (κ1) is 19.9. The fourth-order valence-corrected chi connectivity index (χ4v) is 3.68. The van der Waals surface area contributed by atoms with Crippen LogP contribution >= 0.6 is 0 Å². The van der Waals surface area contributed by atoms with Crippen LogP contribution in [0.25, 0.3) is 0 Å². The molecule has 5 nitrogen and oxygen atoms in total. The van der Waals surface area contributed by atoms with Crippen molar-refractivity contribution in [3.8, 4) is 5.75 Å². The number of rotatable bonds is 6. The number of hydrogen-bond acceptors (Lipinski definition) is 3. The summed E-state index contributed by atoms with van der Waals surface area (Å²) in [5, 5.41) is 0. The molecule has 1 aliphatic heterocycles. The van der Waals surface area contributed by atoms with E-state index in [9.17, 15) is 9.59 Å². The standard InChI is InChI=1S/C23H28N2O3/c1-3-24(17-18-8-5-4-6-9-18)22(26)19-12-14-25(15-13-19)23(27)20-10-7-11-21(16-20)28-2/h4-11,16,19H,3,12-15,17H2,1-2H3. The van der Waals surface area contributed by atoms with E-state index >= 15 is 0 Å². The molecule has 28 heavy (non-hydrogen) atoms. The monoisotopic (exact) mass is 380 g/mol. The van der Waals surface area contributed by atoms with Crippen LogP contribution in [0.3, 0.4) is 0 Å². The topological polar surface area (TPSA) is 49.9 Å². The van der Waals surface area contributed by atoms with Crippen molar-refractivity contribution >= 4 is 11.8 Å². The van der Waals surface area contributed by atoms with Crippen LogP contribution in [-0.2, 0) is 11.3 Å². The lowest BCUT2D eigenvalue weighted by molar-refractivity contribution is -0.137. The van der Waals surface area contributed by atoms with Gasteiger partial charge in [0.25, 0.3) is 5.91 Å². The minimum Gasteiger partial charge on any atom is -0.497 e. The van der Waals surface area contributed by atoms with Gasteiger partial charge >= 0.3 is 0 Å². The van der Waals surface area contributed by atoms with E-state index in [2.05, 4.69) is 0 Å². The maximum atomic E-state index is 13.0. The number of ether oxygens (including phenoxy) is 1. The van der Waals surface area contributed by atoms with Crippen LogP contribution in [0, 0.1) is 5.92 Å². The van der Waals surface area contributed by atoms with Gasteiger partial charge < -0.3 is 14.5 Å². The van der Waals surface area contributed by atoms with Crippen molar-refractivity contribution < 1.29 is 14.3 Å². The number of carbonyl (C=O) groups excluding carboxylic acids is 2. The quantitative estimate of drug-likeness (QED) is 0.769. The van der Waals surface area contributed by atoms with Gasteiger partial charge in [0.15, 0.2) is 0 Å². The molecule has 0 saturated carbocycles. The van der Waals surface area contributed by atoms with Gasteiger partial charge in [0.05, 0.1) is 7.11 Å². The van der Waals surface area contributed by atoms with Crippen LogP contribution in [-0.4, -0.2) is 48.4 Å². The Hall–Kier alpha value is -2.82. The minimum atomic E-state index is -0.0157. The van der Waals surface area contributed by atoms with Crippen molar-refractivity contribution in [1.29, 1.82) is 0 Å². The lowest BCUT2D eigenvalue weighted by Gasteiger charge is -2.34. The first-order valence-electron chi connectivity index (χ1n) is 9.88. The molecular weight excluding hydrogens is 352 g/mol. The van der Waals surface area contributed by atoms with E-state index in [0.717, 1.165) is 5.56 Å². The van der Waals surface area contributed by atoms with Gasteiger partial charge in [-0.15, -0.1) is 0 Å². The zero-order valence-electron chi connectivity index (χ0n) is 16.6. The summed E-state index contributed by atoms with van der Waals surface area (Å²) in [4.78, 5) is 29.5. The van der Waals surface area contributed by atoms with Crippen molar-refractivity contribution in [1.82, 2.24) is 9.80 Å². The number of amides is 2. The van der Waals surface area contributed by atoms with E-state index in [-0.39, 0.29) is 17.7 Å². The van der Waals surface area contributed by atoms with Crippen molar-refractivity contribution in [2.45, 2.75) is 26.3 Å². The lowest BCUT2D eigenvalue weighted by atomic mass is 9.94. The van der Waals surface area contributed by atoms with Crippen molar-refractivity contribution in [2.75, 3.05) is 26.7 Å². The Kier molecular flexibility index (Phi) is 6.69. The molecule has 0 aliphatic carbocycles. The second kappa shape index (κ2) is 9.40. The Labute approximate surface area is 166 Å². The summed E-state index contributed by atoms with van der Waals surface area (Å²) in [7, 11) is 1.59. The van der Waals surface area contributed by atoms with E-state index in [0.29, 0.717) is 50.3 Å². The molecule has 2 amide bonds. The van der Waals surface area contributed by atoms with Crippen molar-refractivity contribution in [2.24, 2.45) is 5.92 Å². The number of benzene rings is 2. The SMILES string of the molecule is CCN(Cc1ccccc1)C(=O)C1CCN(C(=O)c2cccc(OC)c2)CC1. The van der Waals surface area contributed by atoms with Crippen LogP contribution in [0.5, 0.6) is 5.75 Å². The summed E-state index contributed by atoms with van der Waals surface area (Å²) in [6, 6.07) is 17.3. The van der Waals surface area contributed by atoms with E-state index < -0.39 is 0 Å². The Morgan fingerprint density at radius 3 is 2.43 bits per heavy atom. The Morgan fingerprint density at radius 1 is 1.07 bits per heavy atom. The van der Waals surface area contributed by atoms with Crippen LogP contribution in [0.4, 0.5) is 0 Å². The number of piperidine rings is 1. The molecule has 2 aromatic carbocycles. The zero-order chi connectivity index (χ0) is 19.9. The van der Waals surface area contributed by atoms with Crippen molar-refractivity contribution in [3.05, 3.63) is 65.7 Å². The Bertz CT molecular complexity index is 799. The first-order chi connectivity index (χ1) is 13.6. The molecule has 148 valence electrons. The predicted molar refractivity (Wildman–Crippen MR) is 109 cm³/mol. The van der Waals surface area contributed by atoms with Crippen LogP contribution in [0.2, 0.25) is 0 Å². The molecule has 0 atom stereocenters. The molecule has 1 saturated heterocycles. The summed E-state index contributed by atoms with van der Waals surface area (Å²) in [6.45, 7) is 4.56. The summed E-state index contributed by atoms with van der Waals surface area (Å²) >= 11 is 0. The molecule has 0 radical (unpaired) electrons. The Morgan fingerprint density at radius 2 is 1.79 bits per heavy atom. The van der Waals surface area contributed by atoms with Crippen LogP contribution in [0.1, 0.15) is 35.7 Å². The molecule has 0 spiro atoms. The van der Waals surface area contributed by atoms with E-state index in [1.165, 1.54) is 0 Å². The maximum absolute atomic E-state index is 13.0. The number of nitrogens with zero attached hydrogens (tertiary/aromatic N) is 2. The number of methoxy groups -OCH3 is 1. The molecule has 0 N–H and O–H groups in total. The van der Waals surface area contributed by atoms with Gasteiger partial charge in [0, 0.05) is 37.7 Å². The fourth-order valence-electron chi connectivity index (χ4n) is 3.68. The molecule has 3 rings (SSSR count). The highest BCUT2D eigenvalue weighted by atomic mass is 16.5. The maximum Gasteiger partial charge on any atom is 0.253 e. The van der Waals surface area contributed by atoms with E-state index in [1.54, 1.807) is 19.2 Å². The number of likely N-dealkylation sites (tertiary alicyclic amines) is 1. The third-order valence-electron chi connectivity index (χ3n) is 5.36. The summed E-state index contributed by atoms with van der Waals surface area (Å²) in [5.41, 5.74) is 1.77. The highest BCUT2D eigenvalue weighted by Crippen LogP contribution is 2.23. The van der Waals surface area contributed by atoms with Gasteiger partial charge in [0.1, 0.15) is 5.75 Å². The van der Waals surface area contributed by atoms with Crippen molar-refractivity contribution in [3.63, 3.8) is 0 Å². The molecule has 0 unspecified atom stereocenters. The zero-order valence-corrected chi connectivity index (χ0v) is 16.6. The normalized spacial score (nSPS) is 14.6. The minimum absolute atomic E-state index is 0.00133. The predicted octanol–water partition coefficient (Wildman–Crippen LogP) is 3.60. The fraction of sp³-hybridized carbons (Fsp3) is 0.391. The molecule has 1 fully saturated rings. The van der Waals surface area contributed by atoms with Gasteiger partial charge in [-0.05, 0) is 43.5 Å². The average Bonchev–Trinajstić information content (AvgIpc) is 2.77. The van der Waals surface area contributed by atoms with Gasteiger partial charge in [-0.25, -0.2) is 0 Å². The average molecular weight is 380 g/mol. The van der Waals surface area contributed by atoms with E-state index in [4.69, 9.17) is 4.74 Å².